The largest absolute Gasteiger partial charge is 0.384 e. The molecule has 9 nitrogen and oxygen atoms in total. The Morgan fingerprint density at radius 3 is 2.69 bits per heavy atom. The molecule has 7 rings (SSSR count). The fourth-order valence-corrected chi connectivity index (χ4v) is 5.96. The van der Waals surface area contributed by atoms with E-state index in [0.29, 0.717) is 35.7 Å². The molecule has 2 aliphatic rings. The minimum atomic E-state index is -2.72. The smallest absolute Gasteiger partial charge is 0.266 e. The summed E-state index contributed by atoms with van der Waals surface area (Å²) in [7, 11) is 0. The number of fused-ring (bicyclic) bond motifs is 2. The lowest BCUT2D eigenvalue weighted by molar-refractivity contribution is -0.209. The van der Waals surface area contributed by atoms with Gasteiger partial charge in [0, 0.05) is 47.8 Å². The number of aliphatic hydroxyl groups is 1. The van der Waals surface area contributed by atoms with Gasteiger partial charge >= 0.3 is 0 Å². The van der Waals surface area contributed by atoms with Crippen LogP contribution in [-0.2, 0) is 0 Å². The van der Waals surface area contributed by atoms with Gasteiger partial charge in [0.05, 0.1) is 29.0 Å². The number of hydrogen-bond acceptors (Lipinski definition) is 6. The van der Waals surface area contributed by atoms with Gasteiger partial charge in [-0.05, 0) is 55.7 Å². The first-order valence-corrected chi connectivity index (χ1v) is 12.7. The zero-order valence-corrected chi connectivity index (χ0v) is 21.1. The Labute approximate surface area is 221 Å². The summed E-state index contributed by atoms with van der Waals surface area (Å²) in [4.78, 5) is 19.9. The van der Waals surface area contributed by atoms with E-state index >= 15 is 0 Å². The molecule has 0 radical (unpaired) electrons. The van der Waals surface area contributed by atoms with Crippen LogP contribution in [0.15, 0.2) is 67.3 Å². The minimum Gasteiger partial charge on any atom is -0.384 e. The highest BCUT2D eigenvalue weighted by atomic mass is 19.3. The summed E-state index contributed by atoms with van der Waals surface area (Å²) in [6.45, 7) is 3.10. The molecule has 0 unspecified atom stereocenters. The number of pyridine rings is 1. The molecule has 1 spiro atoms. The van der Waals surface area contributed by atoms with Gasteiger partial charge in [0.15, 0.2) is 5.82 Å². The van der Waals surface area contributed by atoms with Crippen LogP contribution in [0.1, 0.15) is 28.8 Å². The molecule has 1 saturated carbocycles. The van der Waals surface area contributed by atoms with E-state index in [1.165, 1.54) is 6.20 Å². The van der Waals surface area contributed by atoms with Crippen molar-refractivity contribution in [2.75, 3.05) is 23.3 Å². The Morgan fingerprint density at radius 2 is 1.90 bits per heavy atom. The molecule has 1 amide bonds. The lowest BCUT2D eigenvalue weighted by atomic mass is 9.55. The number of carbonyl (C=O) groups is 1. The molecule has 1 saturated heterocycles. The Morgan fingerprint density at radius 1 is 1.08 bits per heavy atom. The van der Waals surface area contributed by atoms with Crippen molar-refractivity contribution in [1.29, 1.82) is 0 Å². The number of amides is 1. The molecule has 2 N–H and O–H groups in total. The number of aryl methyl sites for hydroxylation is 1. The van der Waals surface area contributed by atoms with Gasteiger partial charge in [0.1, 0.15) is 5.60 Å². The van der Waals surface area contributed by atoms with E-state index in [-0.39, 0.29) is 24.2 Å². The molecule has 39 heavy (non-hydrogen) atoms. The Kier molecular flexibility index (Phi) is 5.05. The quantitative estimate of drug-likeness (QED) is 0.354. The summed E-state index contributed by atoms with van der Waals surface area (Å²) < 4.78 is 29.5. The molecule has 0 bridgehead atoms. The van der Waals surface area contributed by atoms with Gasteiger partial charge in [-0.15, -0.1) is 5.10 Å². The van der Waals surface area contributed by atoms with Gasteiger partial charge < -0.3 is 15.3 Å². The lowest BCUT2D eigenvalue weighted by Crippen LogP contribution is -2.70. The third kappa shape index (κ3) is 3.84. The second-order valence-electron chi connectivity index (χ2n) is 10.8. The van der Waals surface area contributed by atoms with Crippen LogP contribution >= 0.6 is 0 Å². The van der Waals surface area contributed by atoms with Crippen LogP contribution in [0.2, 0.25) is 0 Å². The molecular formula is C28H25F2N7O2. The molecule has 198 valence electrons. The Balaban J connectivity index is 1.11. The Bertz CT molecular complexity index is 1750. The molecule has 1 aliphatic carbocycles. The summed E-state index contributed by atoms with van der Waals surface area (Å²) in [5.41, 5.74) is 3.01. The number of halogens is 2. The molecule has 11 heteroatoms. The number of benzene rings is 1. The van der Waals surface area contributed by atoms with Crippen molar-refractivity contribution in [3.05, 3.63) is 78.4 Å². The van der Waals surface area contributed by atoms with E-state index in [1.54, 1.807) is 21.4 Å². The normalized spacial score (nSPS) is 17.5. The van der Waals surface area contributed by atoms with E-state index in [0.717, 1.165) is 22.3 Å². The minimum absolute atomic E-state index is 0.111. The third-order valence-electron chi connectivity index (χ3n) is 7.96. The lowest BCUT2D eigenvalue weighted by Gasteiger charge is -2.62. The van der Waals surface area contributed by atoms with Crippen molar-refractivity contribution in [2.45, 2.75) is 31.8 Å². The van der Waals surface area contributed by atoms with Crippen LogP contribution in [0, 0.1) is 12.3 Å². The molecule has 1 aromatic carbocycles. The van der Waals surface area contributed by atoms with Gasteiger partial charge in [-0.25, -0.2) is 22.8 Å². The first-order chi connectivity index (χ1) is 18.7. The monoisotopic (exact) mass is 529 g/mol. The van der Waals surface area contributed by atoms with Crippen LogP contribution in [0.25, 0.3) is 22.4 Å². The summed E-state index contributed by atoms with van der Waals surface area (Å²) in [6.07, 6.45) is 4.42. The molecule has 1 aliphatic heterocycles. The van der Waals surface area contributed by atoms with Crippen molar-refractivity contribution in [1.82, 2.24) is 24.2 Å². The summed E-state index contributed by atoms with van der Waals surface area (Å²) in [5.74, 6) is 0.242. The van der Waals surface area contributed by atoms with Crippen molar-refractivity contribution in [3.63, 3.8) is 0 Å². The number of anilines is 2. The van der Waals surface area contributed by atoms with Crippen molar-refractivity contribution in [2.24, 2.45) is 5.41 Å². The second-order valence-corrected chi connectivity index (χ2v) is 10.8. The topological polar surface area (TPSA) is 100 Å². The molecule has 0 atom stereocenters. The zero-order valence-electron chi connectivity index (χ0n) is 21.1. The average molecular weight is 530 g/mol. The van der Waals surface area contributed by atoms with E-state index < -0.39 is 12.0 Å². The fourth-order valence-electron chi connectivity index (χ4n) is 5.96. The van der Waals surface area contributed by atoms with E-state index in [4.69, 9.17) is 0 Å². The number of nitrogens with one attached hydrogen (secondary N) is 1. The van der Waals surface area contributed by atoms with Gasteiger partial charge in [0.2, 0.25) is 0 Å². The van der Waals surface area contributed by atoms with Gasteiger partial charge in [-0.2, -0.15) is 5.10 Å². The number of nitrogens with zero attached hydrogens (tertiary/aromatic N) is 6. The van der Waals surface area contributed by atoms with E-state index in [1.807, 2.05) is 55.6 Å². The number of aromatic nitrogens is 5. The van der Waals surface area contributed by atoms with Crippen molar-refractivity contribution in [3.8, 4) is 11.4 Å². The molecule has 2 fully saturated rings. The number of rotatable bonds is 5. The van der Waals surface area contributed by atoms with Crippen LogP contribution in [0.5, 0.6) is 0 Å². The predicted molar refractivity (Wildman–Crippen MR) is 141 cm³/mol. The summed E-state index contributed by atoms with van der Waals surface area (Å²) >= 11 is 0. The first-order valence-electron chi connectivity index (χ1n) is 12.7. The molecular weight excluding hydrogens is 504 g/mol. The van der Waals surface area contributed by atoms with E-state index in [9.17, 15) is 18.7 Å². The maximum absolute atomic E-state index is 13.4. The summed E-state index contributed by atoms with van der Waals surface area (Å²) in [6, 6.07) is 13.3. The standard InChI is InChI=1S/C28H25F2N7O2/c1-17-4-5-18(24-31-11-20-3-2-7-36(20)34-24)9-22(17)33-25(38)21-12-32-37-8-6-19(10-23(21)37)35-15-27(16-35)13-28(39,14-27)26(29)30/h2-12,26,39H,13-16H2,1H3,(H,33,38). The van der Waals surface area contributed by atoms with Gasteiger partial charge in [-0.1, -0.05) is 12.1 Å². The van der Waals surface area contributed by atoms with Crippen molar-refractivity contribution >= 4 is 28.3 Å². The highest BCUT2D eigenvalue weighted by Crippen LogP contribution is 2.56. The zero-order chi connectivity index (χ0) is 26.9. The fraction of sp³-hybridized carbons (Fsp3) is 0.286. The van der Waals surface area contributed by atoms with Crippen LogP contribution in [-0.4, -0.2) is 60.3 Å². The maximum Gasteiger partial charge on any atom is 0.266 e. The SMILES string of the molecule is Cc1ccc(-c2ncc3cccn3n2)cc1NC(=O)c1cnn2ccc(N3CC4(C3)CC(O)(C(F)F)C4)cc12. The van der Waals surface area contributed by atoms with Crippen LogP contribution in [0.3, 0.4) is 0 Å². The van der Waals surface area contributed by atoms with E-state index in [2.05, 4.69) is 25.4 Å². The first kappa shape index (κ1) is 23.7. The van der Waals surface area contributed by atoms with Gasteiger partial charge in [-0.3, -0.25) is 4.79 Å². The predicted octanol–water partition coefficient (Wildman–Crippen LogP) is 4.20. The van der Waals surface area contributed by atoms with Gasteiger partial charge in [0.25, 0.3) is 12.3 Å². The van der Waals surface area contributed by atoms with Crippen LogP contribution < -0.4 is 10.2 Å². The highest BCUT2D eigenvalue weighted by molar-refractivity contribution is 6.09. The average Bonchev–Trinajstić information content (AvgIpc) is 3.52. The number of carbonyl (C=O) groups excluding carboxylic acids is 1. The number of alkyl halides is 2. The second kappa shape index (κ2) is 8.31. The highest BCUT2D eigenvalue weighted by Gasteiger charge is 2.63. The van der Waals surface area contributed by atoms with Crippen LogP contribution in [0.4, 0.5) is 20.2 Å². The third-order valence-corrected chi connectivity index (χ3v) is 7.96. The summed E-state index contributed by atoms with van der Waals surface area (Å²) in [5, 5.41) is 21.9. The number of hydrogen-bond donors (Lipinski definition) is 2. The maximum atomic E-state index is 13.4. The molecule has 5 aromatic rings. The molecule has 5 heterocycles. The Hall–Kier alpha value is -4.38. The van der Waals surface area contributed by atoms with Crippen molar-refractivity contribution < 1.29 is 18.7 Å². The molecule has 4 aromatic heterocycles.